The first-order valence-corrected chi connectivity index (χ1v) is 9.85. The third-order valence-electron chi connectivity index (χ3n) is 5.63. The number of halogens is 1. The largest absolute Gasteiger partial charge is 0.481 e. The van der Waals surface area contributed by atoms with Crippen LogP contribution in [-0.4, -0.2) is 21.4 Å². The highest BCUT2D eigenvalue weighted by Gasteiger charge is 2.32. The van der Waals surface area contributed by atoms with E-state index in [4.69, 9.17) is 11.6 Å². The van der Waals surface area contributed by atoms with Gasteiger partial charge >= 0.3 is 5.97 Å². The van der Waals surface area contributed by atoms with Crippen molar-refractivity contribution in [3.8, 4) is 0 Å². The van der Waals surface area contributed by atoms with E-state index in [2.05, 4.69) is 10.6 Å². The van der Waals surface area contributed by atoms with Gasteiger partial charge in [-0.3, -0.25) is 9.59 Å². The fourth-order valence-electron chi connectivity index (χ4n) is 4.52. The molecule has 2 aromatic carbocycles. The number of aliphatic carboxylic acids is 1. The van der Waals surface area contributed by atoms with Crippen molar-refractivity contribution in [2.75, 3.05) is 0 Å². The first-order chi connectivity index (χ1) is 13.3. The van der Waals surface area contributed by atoms with Crippen LogP contribution in [0.3, 0.4) is 0 Å². The number of carbonyl (C=O) groups excluding carboxylic acids is 1. The van der Waals surface area contributed by atoms with Crippen LogP contribution >= 0.6 is 11.6 Å². The highest BCUT2D eigenvalue weighted by molar-refractivity contribution is 6.30. The Hall–Kier alpha value is -2.59. The minimum atomic E-state index is -0.788. The lowest BCUT2D eigenvalue weighted by Gasteiger charge is -2.17. The normalized spacial score (nSPS) is 15.8. The summed E-state index contributed by atoms with van der Waals surface area (Å²) in [5.74, 6) is -0.798. The number of ketones is 1. The average molecular weight is 396 g/mol. The maximum Gasteiger partial charge on any atom is 0.304 e. The van der Waals surface area contributed by atoms with Gasteiger partial charge in [-0.15, -0.1) is 0 Å². The fourth-order valence-corrected chi connectivity index (χ4v) is 4.65. The van der Waals surface area contributed by atoms with Gasteiger partial charge in [-0.2, -0.15) is 0 Å². The molecule has 0 fully saturated rings. The predicted molar refractivity (Wildman–Crippen MR) is 111 cm³/mol. The summed E-state index contributed by atoms with van der Waals surface area (Å²) in [5.41, 5.74) is 6.01. The first-order valence-electron chi connectivity index (χ1n) is 9.48. The van der Waals surface area contributed by atoms with Crippen LogP contribution in [0.25, 0.3) is 10.9 Å². The van der Waals surface area contributed by atoms with E-state index in [1.54, 1.807) is 6.92 Å². The van der Waals surface area contributed by atoms with Crippen LogP contribution in [0.1, 0.15) is 58.4 Å². The number of rotatable bonds is 5. The summed E-state index contributed by atoms with van der Waals surface area (Å²) in [5, 5.41) is 11.2. The predicted octanol–water partition coefficient (Wildman–Crippen LogP) is 5.36. The lowest BCUT2D eigenvalue weighted by molar-refractivity contribution is -0.137. The number of benzene rings is 2. The van der Waals surface area contributed by atoms with Gasteiger partial charge in [0.2, 0.25) is 0 Å². The van der Waals surface area contributed by atoms with Gasteiger partial charge in [0.15, 0.2) is 5.78 Å². The number of hydrogen-bond donors (Lipinski definition) is 1. The molecule has 144 valence electrons. The summed E-state index contributed by atoms with van der Waals surface area (Å²) >= 11 is 6.03. The molecule has 0 spiro atoms. The summed E-state index contributed by atoms with van der Waals surface area (Å²) in [6.07, 6.45) is 1.79. The lowest BCUT2D eigenvalue weighted by Crippen LogP contribution is -2.12. The van der Waals surface area contributed by atoms with Gasteiger partial charge in [-0.25, -0.2) is 0 Å². The Morgan fingerprint density at radius 2 is 1.93 bits per heavy atom. The third-order valence-corrected chi connectivity index (χ3v) is 5.89. The Kier molecular flexibility index (Phi) is 4.76. The van der Waals surface area contributed by atoms with Crippen LogP contribution < -0.4 is 0 Å². The minimum absolute atomic E-state index is 0.0250. The molecule has 4 rings (SSSR count). The van der Waals surface area contributed by atoms with Gasteiger partial charge in [0.05, 0.1) is 11.9 Å². The second-order valence-electron chi connectivity index (χ2n) is 7.67. The molecule has 3 aromatic rings. The van der Waals surface area contributed by atoms with Gasteiger partial charge in [-0.05, 0) is 67.6 Å². The van der Waals surface area contributed by atoms with Crippen molar-refractivity contribution in [1.29, 1.82) is 0 Å². The molecule has 0 unspecified atom stereocenters. The van der Waals surface area contributed by atoms with E-state index in [1.165, 1.54) is 5.56 Å². The number of fused-ring (bicyclic) bond motifs is 3. The van der Waals surface area contributed by atoms with E-state index < -0.39 is 5.97 Å². The van der Waals surface area contributed by atoms with Crippen LogP contribution in [0.5, 0.6) is 0 Å². The van der Waals surface area contributed by atoms with E-state index in [-0.39, 0.29) is 18.1 Å². The zero-order valence-electron chi connectivity index (χ0n) is 16.0. The molecule has 1 N–H and O–H groups in total. The molecule has 0 amide bonds. The average Bonchev–Trinajstić information content (AvgIpc) is 3.16. The van der Waals surface area contributed by atoms with E-state index in [0.29, 0.717) is 17.1 Å². The number of carboxylic acid groups (broad SMARTS) is 1. The highest BCUT2D eigenvalue weighted by atomic mass is 35.5. The smallest absolute Gasteiger partial charge is 0.304 e. The van der Waals surface area contributed by atoms with Crippen LogP contribution in [0.2, 0.25) is 5.02 Å². The quantitative estimate of drug-likeness (QED) is 0.591. The Morgan fingerprint density at radius 1 is 1.21 bits per heavy atom. The van der Waals surface area contributed by atoms with Crippen LogP contribution in [0.15, 0.2) is 36.4 Å². The van der Waals surface area contributed by atoms with Crippen molar-refractivity contribution < 1.29 is 14.7 Å². The van der Waals surface area contributed by atoms with E-state index in [9.17, 15) is 14.7 Å². The molecule has 1 aliphatic carbocycles. The summed E-state index contributed by atoms with van der Waals surface area (Å²) in [4.78, 5) is 23.9. The molecule has 0 saturated heterocycles. The molecule has 5 heteroatoms. The van der Waals surface area contributed by atoms with Gasteiger partial charge in [0.25, 0.3) is 0 Å². The van der Waals surface area contributed by atoms with Gasteiger partial charge in [0, 0.05) is 34.1 Å². The number of aryl methyl sites for hydroxylation is 2. The summed E-state index contributed by atoms with van der Waals surface area (Å²) < 4.78 is 2.17. The van der Waals surface area contributed by atoms with Gasteiger partial charge < -0.3 is 9.67 Å². The molecular formula is C23H22ClNO3. The van der Waals surface area contributed by atoms with Gasteiger partial charge in [0.1, 0.15) is 0 Å². The molecule has 1 aromatic heterocycles. The Balaban J connectivity index is 1.97. The van der Waals surface area contributed by atoms with E-state index in [1.807, 2.05) is 37.3 Å². The number of nitrogens with zero attached hydrogens (tertiary/aromatic N) is 1. The van der Waals surface area contributed by atoms with Crippen LogP contribution in [0.4, 0.5) is 0 Å². The number of carbonyl (C=O) groups is 2. The number of Topliss-reactive ketones (excluding diaryl/α,β-unsaturated/α-hetero) is 1. The first kappa shape index (κ1) is 18.8. The Labute approximate surface area is 168 Å². The number of hydrogen-bond acceptors (Lipinski definition) is 2. The van der Waals surface area contributed by atoms with Gasteiger partial charge in [-0.1, -0.05) is 23.7 Å². The van der Waals surface area contributed by atoms with Crippen molar-refractivity contribution in [1.82, 2.24) is 4.57 Å². The van der Waals surface area contributed by atoms with Crippen molar-refractivity contribution >= 4 is 34.3 Å². The second kappa shape index (κ2) is 7.10. The second-order valence-corrected chi connectivity index (χ2v) is 8.11. The summed E-state index contributed by atoms with van der Waals surface area (Å²) in [7, 11) is 0. The van der Waals surface area contributed by atoms with E-state index in [0.717, 1.165) is 40.6 Å². The topological polar surface area (TPSA) is 59.3 Å². The molecule has 1 heterocycles. The monoisotopic (exact) mass is 395 g/mol. The van der Waals surface area contributed by atoms with Crippen molar-refractivity contribution in [2.45, 2.75) is 45.6 Å². The Morgan fingerprint density at radius 3 is 2.57 bits per heavy atom. The maximum atomic E-state index is 12.4. The Bertz CT molecular complexity index is 1100. The molecule has 28 heavy (non-hydrogen) atoms. The fraction of sp³-hybridized carbons (Fsp3) is 0.304. The lowest BCUT2D eigenvalue weighted by atomic mass is 10.0. The summed E-state index contributed by atoms with van der Waals surface area (Å²) in [6.45, 7) is 4.18. The molecule has 0 aliphatic heterocycles. The standard InChI is InChI=1S/C23H22ClNO3/c1-13-9-19(14(2)26)23-20(10-13)18-8-5-16(11-21(27)28)22(18)25(23)12-15-3-6-17(24)7-4-15/h3-4,6-7,9-10,16H,5,8,11-12H2,1-2H3,(H,27,28)/t16-/m0/s1. The summed E-state index contributed by atoms with van der Waals surface area (Å²) in [6, 6.07) is 11.7. The molecule has 0 radical (unpaired) electrons. The zero-order chi connectivity index (χ0) is 20.0. The molecule has 0 bridgehead atoms. The number of carboxylic acids is 1. The van der Waals surface area contributed by atoms with E-state index >= 15 is 0 Å². The molecule has 4 nitrogen and oxygen atoms in total. The third kappa shape index (κ3) is 3.22. The molecule has 1 atom stereocenters. The zero-order valence-corrected chi connectivity index (χ0v) is 16.7. The number of aromatic nitrogens is 1. The van der Waals surface area contributed by atoms with Crippen LogP contribution in [-0.2, 0) is 17.8 Å². The highest BCUT2D eigenvalue weighted by Crippen LogP contribution is 2.43. The van der Waals surface area contributed by atoms with Crippen molar-refractivity contribution in [2.24, 2.45) is 0 Å². The van der Waals surface area contributed by atoms with Crippen molar-refractivity contribution in [3.05, 3.63) is 69.4 Å². The minimum Gasteiger partial charge on any atom is -0.481 e. The molecule has 1 aliphatic rings. The molecular weight excluding hydrogens is 374 g/mol. The van der Waals surface area contributed by atoms with Crippen molar-refractivity contribution in [3.63, 3.8) is 0 Å². The van der Waals surface area contributed by atoms with Crippen LogP contribution in [0, 0.1) is 6.92 Å². The molecule has 0 saturated carbocycles. The SMILES string of the molecule is CC(=O)c1cc(C)cc2c3c(n(Cc4ccc(Cl)cc4)c12)[C@H](CC(=O)O)CC3. The maximum absolute atomic E-state index is 12.4.